The van der Waals surface area contributed by atoms with Crippen molar-refractivity contribution in [3.63, 3.8) is 0 Å². The summed E-state index contributed by atoms with van der Waals surface area (Å²) < 4.78 is 5.46. The van der Waals surface area contributed by atoms with E-state index in [0.717, 1.165) is 36.5 Å². The first-order chi connectivity index (χ1) is 10.2. The molecule has 0 radical (unpaired) electrons. The molecule has 0 unspecified atom stereocenters. The van der Waals surface area contributed by atoms with E-state index >= 15 is 0 Å². The van der Waals surface area contributed by atoms with Crippen LogP contribution in [-0.2, 0) is 19.6 Å². The molecule has 2 N–H and O–H groups in total. The van der Waals surface area contributed by atoms with Crippen molar-refractivity contribution < 1.29 is 4.74 Å². The number of benzene rings is 2. The van der Waals surface area contributed by atoms with Gasteiger partial charge >= 0.3 is 0 Å². The van der Waals surface area contributed by atoms with Crippen LogP contribution in [0.4, 0.5) is 0 Å². The molecule has 0 spiro atoms. The van der Waals surface area contributed by atoms with Crippen LogP contribution in [-0.4, -0.2) is 17.0 Å². The first-order valence-electron chi connectivity index (χ1n) is 6.93. The molecular weight excluding hydrogens is 280 g/mol. The van der Waals surface area contributed by atoms with Crippen LogP contribution in [0.15, 0.2) is 42.5 Å². The summed E-state index contributed by atoms with van der Waals surface area (Å²) in [6.45, 7) is 2.77. The van der Waals surface area contributed by atoms with Gasteiger partial charge in [0.15, 0.2) is 0 Å². The van der Waals surface area contributed by atoms with Crippen LogP contribution >= 0.6 is 12.2 Å². The van der Waals surface area contributed by atoms with E-state index in [1.54, 1.807) is 7.11 Å². The Morgan fingerprint density at radius 2 is 1.86 bits per heavy atom. The lowest BCUT2D eigenvalue weighted by Gasteiger charge is -2.18. The van der Waals surface area contributed by atoms with Gasteiger partial charge in [-0.25, -0.2) is 0 Å². The van der Waals surface area contributed by atoms with Crippen LogP contribution < -0.4 is 10.5 Å². The van der Waals surface area contributed by atoms with Crippen molar-refractivity contribution in [2.75, 3.05) is 7.11 Å². The molecule has 21 heavy (non-hydrogen) atoms. The Morgan fingerprint density at radius 1 is 1.19 bits per heavy atom. The third kappa shape index (κ3) is 2.91. The van der Waals surface area contributed by atoms with Crippen LogP contribution in [0.1, 0.15) is 22.3 Å². The molecule has 3 rings (SSSR count). The van der Waals surface area contributed by atoms with Gasteiger partial charge in [0.1, 0.15) is 10.7 Å². The van der Waals surface area contributed by atoms with Gasteiger partial charge in [0, 0.05) is 30.8 Å². The van der Waals surface area contributed by atoms with E-state index in [0.29, 0.717) is 4.99 Å². The third-order valence-electron chi connectivity index (χ3n) is 3.87. The molecule has 0 bridgehead atoms. The van der Waals surface area contributed by atoms with Gasteiger partial charge in [0.2, 0.25) is 0 Å². The number of rotatable bonds is 4. The van der Waals surface area contributed by atoms with Crippen molar-refractivity contribution in [3.05, 3.63) is 64.7 Å². The maximum absolute atomic E-state index is 5.73. The molecule has 0 saturated carbocycles. The molecule has 1 heterocycles. The standard InChI is InChI=1S/C17H18N2OS/c1-20-16-7-6-12(17(18)21)8-15(16)11-19-9-13-4-2-3-5-14(13)10-19/h2-8H,9-11H2,1H3,(H2,18,21). The Hall–Kier alpha value is -1.91. The Balaban J connectivity index is 1.82. The van der Waals surface area contributed by atoms with Crippen molar-refractivity contribution in [1.82, 2.24) is 4.90 Å². The molecule has 0 aliphatic carbocycles. The van der Waals surface area contributed by atoms with Gasteiger partial charge in [0.05, 0.1) is 7.11 Å². The van der Waals surface area contributed by atoms with Gasteiger partial charge < -0.3 is 10.5 Å². The second-order valence-corrected chi connectivity index (χ2v) is 5.74. The summed E-state index contributed by atoms with van der Waals surface area (Å²) in [5.41, 5.74) is 10.5. The second kappa shape index (κ2) is 5.84. The van der Waals surface area contributed by atoms with E-state index in [-0.39, 0.29) is 0 Å². The maximum atomic E-state index is 5.73. The van der Waals surface area contributed by atoms with Crippen molar-refractivity contribution in [2.24, 2.45) is 5.73 Å². The second-order valence-electron chi connectivity index (χ2n) is 5.30. The largest absolute Gasteiger partial charge is 0.496 e. The number of thiocarbonyl (C=S) groups is 1. The zero-order chi connectivity index (χ0) is 14.8. The van der Waals surface area contributed by atoms with E-state index in [4.69, 9.17) is 22.7 Å². The SMILES string of the molecule is COc1ccc(C(N)=S)cc1CN1Cc2ccccc2C1. The number of hydrogen-bond acceptors (Lipinski definition) is 3. The lowest BCUT2D eigenvalue weighted by molar-refractivity contribution is 0.270. The minimum Gasteiger partial charge on any atom is -0.496 e. The number of hydrogen-bond donors (Lipinski definition) is 1. The summed E-state index contributed by atoms with van der Waals surface area (Å²) >= 11 is 5.06. The monoisotopic (exact) mass is 298 g/mol. The number of ether oxygens (including phenoxy) is 1. The van der Waals surface area contributed by atoms with Gasteiger partial charge in [0.25, 0.3) is 0 Å². The van der Waals surface area contributed by atoms with Gasteiger partial charge in [-0.1, -0.05) is 36.5 Å². The summed E-state index contributed by atoms with van der Waals surface area (Å²) in [5, 5.41) is 0. The summed E-state index contributed by atoms with van der Waals surface area (Å²) in [7, 11) is 1.69. The highest BCUT2D eigenvalue weighted by atomic mass is 32.1. The summed E-state index contributed by atoms with van der Waals surface area (Å²) in [4.78, 5) is 2.81. The predicted octanol–water partition coefficient (Wildman–Crippen LogP) is 2.85. The first kappa shape index (κ1) is 14.0. The zero-order valence-corrected chi connectivity index (χ0v) is 12.8. The number of nitrogens with zero attached hydrogens (tertiary/aromatic N) is 1. The van der Waals surface area contributed by atoms with Gasteiger partial charge in [-0.15, -0.1) is 0 Å². The Labute approximate surface area is 130 Å². The molecule has 0 atom stereocenters. The normalized spacial score (nSPS) is 14.0. The fraction of sp³-hybridized carbons (Fsp3) is 0.235. The van der Waals surface area contributed by atoms with Gasteiger partial charge in [-0.2, -0.15) is 0 Å². The Morgan fingerprint density at radius 3 is 2.43 bits per heavy atom. The van der Waals surface area contributed by atoms with Crippen molar-refractivity contribution in [3.8, 4) is 5.75 Å². The lowest BCUT2D eigenvalue weighted by atomic mass is 10.1. The number of fused-ring (bicyclic) bond motifs is 1. The minimum atomic E-state index is 0.420. The third-order valence-corrected chi connectivity index (χ3v) is 4.10. The molecule has 2 aromatic carbocycles. The molecule has 2 aromatic rings. The van der Waals surface area contributed by atoms with Gasteiger partial charge in [-0.05, 0) is 29.3 Å². The molecule has 1 aliphatic heterocycles. The molecule has 108 valence electrons. The average Bonchev–Trinajstić information content (AvgIpc) is 2.89. The van der Waals surface area contributed by atoms with E-state index in [2.05, 4.69) is 29.2 Å². The van der Waals surface area contributed by atoms with E-state index in [1.807, 2.05) is 18.2 Å². The highest BCUT2D eigenvalue weighted by molar-refractivity contribution is 7.80. The quantitative estimate of drug-likeness (QED) is 0.881. The zero-order valence-electron chi connectivity index (χ0n) is 12.0. The number of methoxy groups -OCH3 is 1. The molecule has 3 nitrogen and oxygen atoms in total. The van der Waals surface area contributed by atoms with E-state index < -0.39 is 0 Å². The van der Waals surface area contributed by atoms with Crippen LogP contribution in [0.25, 0.3) is 0 Å². The fourth-order valence-corrected chi connectivity index (χ4v) is 2.94. The molecule has 1 aliphatic rings. The highest BCUT2D eigenvalue weighted by Gasteiger charge is 2.19. The summed E-state index contributed by atoms with van der Waals surface area (Å²) in [6, 6.07) is 14.4. The summed E-state index contributed by atoms with van der Waals surface area (Å²) in [5.74, 6) is 0.881. The maximum Gasteiger partial charge on any atom is 0.123 e. The van der Waals surface area contributed by atoms with Crippen LogP contribution in [0.5, 0.6) is 5.75 Å². The summed E-state index contributed by atoms with van der Waals surface area (Å²) in [6.07, 6.45) is 0. The van der Waals surface area contributed by atoms with Crippen LogP contribution in [0, 0.1) is 0 Å². The first-order valence-corrected chi connectivity index (χ1v) is 7.34. The Kier molecular flexibility index (Phi) is 3.90. The topological polar surface area (TPSA) is 38.5 Å². The number of nitrogens with two attached hydrogens (primary N) is 1. The van der Waals surface area contributed by atoms with E-state index in [9.17, 15) is 0 Å². The predicted molar refractivity (Wildman–Crippen MR) is 88.3 cm³/mol. The van der Waals surface area contributed by atoms with E-state index in [1.165, 1.54) is 11.1 Å². The minimum absolute atomic E-state index is 0.420. The fourth-order valence-electron chi connectivity index (χ4n) is 2.81. The molecule has 0 aromatic heterocycles. The van der Waals surface area contributed by atoms with Gasteiger partial charge in [-0.3, -0.25) is 4.90 Å². The highest BCUT2D eigenvalue weighted by Crippen LogP contribution is 2.27. The molecule has 0 amide bonds. The Bertz CT molecular complexity index is 659. The molecule has 4 heteroatoms. The average molecular weight is 298 g/mol. The molecular formula is C17H18N2OS. The van der Waals surface area contributed by atoms with Crippen molar-refractivity contribution >= 4 is 17.2 Å². The van der Waals surface area contributed by atoms with Crippen LogP contribution in [0.3, 0.4) is 0 Å². The van der Waals surface area contributed by atoms with Crippen molar-refractivity contribution in [1.29, 1.82) is 0 Å². The smallest absolute Gasteiger partial charge is 0.123 e. The lowest BCUT2D eigenvalue weighted by Crippen LogP contribution is -2.17. The molecule has 0 fully saturated rings. The molecule has 0 saturated heterocycles. The van der Waals surface area contributed by atoms with Crippen LogP contribution in [0.2, 0.25) is 0 Å². The van der Waals surface area contributed by atoms with Crippen molar-refractivity contribution in [2.45, 2.75) is 19.6 Å².